The smallest absolute Gasteiger partial charge is 0.158 e. The highest BCUT2D eigenvalue weighted by Gasteiger charge is 2.34. The lowest BCUT2D eigenvalue weighted by atomic mass is 10.1. The molecule has 2 saturated heterocycles. The molecule has 2 aliphatic heterocycles. The standard InChI is InChI=1S/C16H26N4O/c1-4-17-11(2)14-8-18-16(19-12(14)3)15-9-20-7-5-6-13(20)10-21-15/h8,11,13,15,17H,4-7,9-10H2,1-3H3. The van der Waals surface area contributed by atoms with Gasteiger partial charge in [-0.3, -0.25) is 4.90 Å². The van der Waals surface area contributed by atoms with Gasteiger partial charge in [0.2, 0.25) is 0 Å². The van der Waals surface area contributed by atoms with Gasteiger partial charge in [0.1, 0.15) is 6.10 Å². The molecule has 1 N–H and O–H groups in total. The fourth-order valence-corrected chi connectivity index (χ4v) is 3.46. The Kier molecular flexibility index (Phi) is 4.52. The average molecular weight is 290 g/mol. The van der Waals surface area contributed by atoms with E-state index in [4.69, 9.17) is 9.72 Å². The van der Waals surface area contributed by atoms with Gasteiger partial charge in [0.25, 0.3) is 0 Å². The van der Waals surface area contributed by atoms with Crippen molar-refractivity contribution < 1.29 is 4.74 Å². The zero-order valence-electron chi connectivity index (χ0n) is 13.3. The minimum atomic E-state index is 0.0292. The summed E-state index contributed by atoms with van der Waals surface area (Å²) in [6.07, 6.45) is 4.55. The molecule has 0 radical (unpaired) electrons. The Morgan fingerprint density at radius 1 is 1.52 bits per heavy atom. The molecule has 5 nitrogen and oxygen atoms in total. The maximum Gasteiger partial charge on any atom is 0.158 e. The molecule has 0 saturated carbocycles. The number of hydrogen-bond donors (Lipinski definition) is 1. The lowest BCUT2D eigenvalue weighted by Crippen LogP contribution is -2.42. The first-order chi connectivity index (χ1) is 10.2. The van der Waals surface area contributed by atoms with Crippen molar-refractivity contribution in [3.63, 3.8) is 0 Å². The van der Waals surface area contributed by atoms with Crippen LogP contribution >= 0.6 is 0 Å². The second-order valence-corrected chi connectivity index (χ2v) is 6.16. The van der Waals surface area contributed by atoms with Crippen LogP contribution in [0, 0.1) is 6.92 Å². The van der Waals surface area contributed by atoms with Crippen LogP contribution in [0.2, 0.25) is 0 Å². The molecule has 0 aliphatic carbocycles. The molecule has 3 unspecified atom stereocenters. The number of hydrogen-bond acceptors (Lipinski definition) is 5. The molecule has 3 rings (SSSR count). The van der Waals surface area contributed by atoms with Crippen molar-refractivity contribution in [2.45, 2.75) is 51.8 Å². The van der Waals surface area contributed by atoms with E-state index in [0.717, 1.165) is 31.2 Å². The molecule has 2 fully saturated rings. The summed E-state index contributed by atoms with van der Waals surface area (Å²) in [5.74, 6) is 0.838. The predicted octanol–water partition coefficient (Wildman–Crippen LogP) is 1.99. The SMILES string of the molecule is CCNC(C)c1cnc(C2CN3CCCC3CO2)nc1C. The Morgan fingerprint density at radius 2 is 2.38 bits per heavy atom. The first kappa shape index (κ1) is 14.9. The van der Waals surface area contributed by atoms with Crippen molar-refractivity contribution in [3.05, 3.63) is 23.3 Å². The lowest BCUT2D eigenvalue weighted by molar-refractivity contribution is -0.0542. The minimum absolute atomic E-state index is 0.0292. The van der Waals surface area contributed by atoms with Gasteiger partial charge in [0, 0.05) is 36.1 Å². The quantitative estimate of drug-likeness (QED) is 0.919. The van der Waals surface area contributed by atoms with Gasteiger partial charge in [-0.15, -0.1) is 0 Å². The molecule has 0 amide bonds. The average Bonchev–Trinajstić information content (AvgIpc) is 2.94. The van der Waals surface area contributed by atoms with Crippen molar-refractivity contribution in [1.82, 2.24) is 20.2 Å². The maximum absolute atomic E-state index is 6.00. The second-order valence-electron chi connectivity index (χ2n) is 6.16. The Hall–Kier alpha value is -1.04. The summed E-state index contributed by atoms with van der Waals surface area (Å²) in [5, 5.41) is 3.41. The fourth-order valence-electron chi connectivity index (χ4n) is 3.46. The maximum atomic E-state index is 6.00. The van der Waals surface area contributed by atoms with Crippen molar-refractivity contribution in [2.24, 2.45) is 0 Å². The van der Waals surface area contributed by atoms with Crippen LogP contribution in [0.5, 0.6) is 0 Å². The molecule has 3 heterocycles. The lowest BCUT2D eigenvalue weighted by Gasteiger charge is -2.34. The first-order valence-electron chi connectivity index (χ1n) is 8.11. The van der Waals surface area contributed by atoms with Crippen molar-refractivity contribution in [3.8, 4) is 0 Å². The van der Waals surface area contributed by atoms with E-state index in [1.807, 2.05) is 6.20 Å². The highest BCUT2D eigenvalue weighted by Crippen LogP contribution is 2.29. The number of aromatic nitrogens is 2. The van der Waals surface area contributed by atoms with Crippen LogP contribution in [0.3, 0.4) is 0 Å². The van der Waals surface area contributed by atoms with E-state index in [0.29, 0.717) is 12.1 Å². The fraction of sp³-hybridized carbons (Fsp3) is 0.750. The van der Waals surface area contributed by atoms with Crippen LogP contribution in [0.1, 0.15) is 55.9 Å². The largest absolute Gasteiger partial charge is 0.367 e. The topological polar surface area (TPSA) is 50.3 Å². The van der Waals surface area contributed by atoms with Gasteiger partial charge in [0.15, 0.2) is 5.82 Å². The second kappa shape index (κ2) is 6.38. The van der Waals surface area contributed by atoms with E-state index in [2.05, 4.69) is 36.0 Å². The molecule has 116 valence electrons. The number of fused-ring (bicyclic) bond motifs is 1. The molecule has 1 aromatic rings. The van der Waals surface area contributed by atoms with E-state index in [1.54, 1.807) is 0 Å². The summed E-state index contributed by atoms with van der Waals surface area (Å²) in [4.78, 5) is 11.8. The van der Waals surface area contributed by atoms with Crippen LogP contribution in [-0.4, -0.2) is 47.2 Å². The summed E-state index contributed by atoms with van der Waals surface area (Å²) in [6.45, 7) is 10.2. The van der Waals surface area contributed by atoms with Crippen molar-refractivity contribution in [2.75, 3.05) is 26.2 Å². The summed E-state index contributed by atoms with van der Waals surface area (Å²) < 4.78 is 6.00. The number of nitrogens with zero attached hydrogens (tertiary/aromatic N) is 3. The molecule has 2 aliphatic rings. The number of nitrogens with one attached hydrogen (secondary N) is 1. The van der Waals surface area contributed by atoms with Gasteiger partial charge in [-0.05, 0) is 39.8 Å². The molecule has 0 spiro atoms. The van der Waals surface area contributed by atoms with Crippen LogP contribution in [0.4, 0.5) is 0 Å². The zero-order chi connectivity index (χ0) is 14.8. The van der Waals surface area contributed by atoms with E-state index in [9.17, 15) is 0 Å². The first-order valence-corrected chi connectivity index (χ1v) is 8.11. The van der Waals surface area contributed by atoms with E-state index < -0.39 is 0 Å². The minimum Gasteiger partial charge on any atom is -0.367 e. The van der Waals surface area contributed by atoms with E-state index in [1.165, 1.54) is 24.9 Å². The van der Waals surface area contributed by atoms with Crippen molar-refractivity contribution in [1.29, 1.82) is 0 Å². The summed E-state index contributed by atoms with van der Waals surface area (Å²) in [6, 6.07) is 0.912. The number of ether oxygens (including phenoxy) is 1. The summed E-state index contributed by atoms with van der Waals surface area (Å²) >= 11 is 0. The number of aryl methyl sites for hydroxylation is 1. The highest BCUT2D eigenvalue weighted by molar-refractivity contribution is 5.20. The van der Waals surface area contributed by atoms with Gasteiger partial charge in [0.05, 0.1) is 6.61 Å². The summed E-state index contributed by atoms with van der Waals surface area (Å²) in [7, 11) is 0. The molecule has 1 aromatic heterocycles. The zero-order valence-corrected chi connectivity index (χ0v) is 13.3. The molecule has 21 heavy (non-hydrogen) atoms. The Morgan fingerprint density at radius 3 is 3.14 bits per heavy atom. The van der Waals surface area contributed by atoms with Crippen LogP contribution < -0.4 is 5.32 Å². The third-order valence-electron chi connectivity index (χ3n) is 4.69. The van der Waals surface area contributed by atoms with Crippen LogP contribution in [0.15, 0.2) is 6.20 Å². The van der Waals surface area contributed by atoms with Gasteiger partial charge in [-0.25, -0.2) is 9.97 Å². The van der Waals surface area contributed by atoms with Crippen molar-refractivity contribution >= 4 is 0 Å². The van der Waals surface area contributed by atoms with E-state index in [-0.39, 0.29) is 6.10 Å². The Bertz CT molecular complexity index is 493. The van der Waals surface area contributed by atoms with Crippen LogP contribution in [0.25, 0.3) is 0 Å². The molecule has 3 atom stereocenters. The highest BCUT2D eigenvalue weighted by atomic mass is 16.5. The van der Waals surface area contributed by atoms with Crippen LogP contribution in [-0.2, 0) is 4.74 Å². The molecule has 5 heteroatoms. The van der Waals surface area contributed by atoms with E-state index >= 15 is 0 Å². The van der Waals surface area contributed by atoms with Gasteiger partial charge in [-0.2, -0.15) is 0 Å². The Balaban J connectivity index is 1.73. The summed E-state index contributed by atoms with van der Waals surface area (Å²) in [5.41, 5.74) is 2.23. The molecular weight excluding hydrogens is 264 g/mol. The molecule has 0 aromatic carbocycles. The molecule has 0 bridgehead atoms. The molecular formula is C16H26N4O. The predicted molar refractivity (Wildman–Crippen MR) is 82.1 cm³/mol. The number of morpholine rings is 1. The number of rotatable bonds is 4. The third-order valence-corrected chi connectivity index (χ3v) is 4.69. The monoisotopic (exact) mass is 290 g/mol. The third kappa shape index (κ3) is 3.10. The Labute approximate surface area is 127 Å². The van der Waals surface area contributed by atoms with Gasteiger partial charge >= 0.3 is 0 Å². The normalized spacial score (nSPS) is 27.6. The van der Waals surface area contributed by atoms with Gasteiger partial charge < -0.3 is 10.1 Å². The van der Waals surface area contributed by atoms with Gasteiger partial charge in [-0.1, -0.05) is 6.92 Å².